The summed E-state index contributed by atoms with van der Waals surface area (Å²) in [5.74, 6) is 1.99. The Morgan fingerprint density at radius 3 is 2.78 bits per heavy atom. The molecule has 0 saturated carbocycles. The van der Waals surface area contributed by atoms with Crippen LogP contribution in [-0.4, -0.2) is 31.6 Å². The molecule has 0 spiro atoms. The van der Waals surface area contributed by atoms with Crippen LogP contribution in [0.15, 0.2) is 23.2 Å². The Morgan fingerprint density at radius 2 is 2.17 bits per heavy atom. The number of nitrogens with one attached hydrogen (secondary N) is 2. The second-order valence-electron chi connectivity index (χ2n) is 4.37. The average Bonchev–Trinajstić information content (AvgIpc) is 2.39. The fourth-order valence-electron chi connectivity index (χ4n) is 1.37. The van der Waals surface area contributed by atoms with Crippen LogP contribution in [0.3, 0.4) is 0 Å². The predicted molar refractivity (Wildman–Crippen MR) is 73.8 cm³/mol. The minimum absolute atomic E-state index is 0.582. The maximum Gasteiger partial charge on any atom is 0.213 e. The van der Waals surface area contributed by atoms with E-state index in [-0.39, 0.29) is 0 Å². The summed E-state index contributed by atoms with van der Waals surface area (Å²) in [6.07, 6.45) is 0. The first-order chi connectivity index (χ1) is 8.65. The first-order valence-corrected chi connectivity index (χ1v) is 6.10. The largest absolute Gasteiger partial charge is 0.481 e. The van der Waals surface area contributed by atoms with Crippen molar-refractivity contribution in [1.29, 1.82) is 0 Å². The standard InChI is InChI=1S/C13H22N4O/c1-10(2)8-15-13(14-3)16-9-11-6-5-7-12(17-11)18-4/h5-7,10H,8-9H2,1-4H3,(H2,14,15,16). The number of aromatic nitrogens is 1. The second kappa shape index (κ2) is 7.53. The van der Waals surface area contributed by atoms with Crippen molar-refractivity contribution in [3.05, 3.63) is 23.9 Å². The van der Waals surface area contributed by atoms with Gasteiger partial charge in [0.25, 0.3) is 0 Å². The Morgan fingerprint density at radius 1 is 1.39 bits per heavy atom. The van der Waals surface area contributed by atoms with Crippen LogP contribution in [0.4, 0.5) is 0 Å². The van der Waals surface area contributed by atoms with E-state index in [1.54, 1.807) is 14.2 Å². The van der Waals surface area contributed by atoms with Gasteiger partial charge in [-0.05, 0) is 12.0 Å². The summed E-state index contributed by atoms with van der Waals surface area (Å²) in [6, 6.07) is 5.70. The third kappa shape index (κ3) is 5.03. The van der Waals surface area contributed by atoms with Crippen LogP contribution in [0.25, 0.3) is 0 Å². The lowest BCUT2D eigenvalue weighted by atomic mass is 10.2. The van der Waals surface area contributed by atoms with Crippen molar-refractivity contribution >= 4 is 5.96 Å². The Labute approximate surface area is 109 Å². The van der Waals surface area contributed by atoms with Gasteiger partial charge in [-0.15, -0.1) is 0 Å². The van der Waals surface area contributed by atoms with Crippen molar-refractivity contribution in [1.82, 2.24) is 15.6 Å². The summed E-state index contributed by atoms with van der Waals surface area (Å²) in [5.41, 5.74) is 0.918. The van der Waals surface area contributed by atoms with Gasteiger partial charge in [-0.1, -0.05) is 19.9 Å². The van der Waals surface area contributed by atoms with Crippen LogP contribution < -0.4 is 15.4 Å². The van der Waals surface area contributed by atoms with Crippen LogP contribution in [0, 0.1) is 5.92 Å². The van der Waals surface area contributed by atoms with E-state index in [1.807, 2.05) is 18.2 Å². The Bertz CT molecular complexity index is 390. The summed E-state index contributed by atoms with van der Waals surface area (Å²) < 4.78 is 5.08. The summed E-state index contributed by atoms with van der Waals surface area (Å²) in [5, 5.41) is 6.46. The van der Waals surface area contributed by atoms with Crippen LogP contribution in [-0.2, 0) is 6.54 Å². The molecule has 0 atom stereocenters. The predicted octanol–water partition coefficient (Wildman–Crippen LogP) is 1.41. The van der Waals surface area contributed by atoms with Gasteiger partial charge in [0.1, 0.15) is 0 Å². The van der Waals surface area contributed by atoms with Crippen molar-refractivity contribution in [2.75, 3.05) is 20.7 Å². The minimum Gasteiger partial charge on any atom is -0.481 e. The molecule has 18 heavy (non-hydrogen) atoms. The lowest BCUT2D eigenvalue weighted by molar-refractivity contribution is 0.396. The van der Waals surface area contributed by atoms with Crippen molar-refractivity contribution < 1.29 is 4.74 Å². The number of hydrogen-bond acceptors (Lipinski definition) is 3. The Hall–Kier alpha value is -1.78. The van der Waals surface area contributed by atoms with Crippen molar-refractivity contribution in [3.8, 4) is 5.88 Å². The fraction of sp³-hybridized carbons (Fsp3) is 0.538. The van der Waals surface area contributed by atoms with Crippen molar-refractivity contribution in [2.24, 2.45) is 10.9 Å². The fourth-order valence-corrected chi connectivity index (χ4v) is 1.37. The van der Waals surface area contributed by atoms with E-state index in [1.165, 1.54) is 0 Å². The molecule has 0 aliphatic heterocycles. The molecule has 5 nitrogen and oxygen atoms in total. The van der Waals surface area contributed by atoms with E-state index in [0.717, 1.165) is 18.2 Å². The van der Waals surface area contributed by atoms with Gasteiger partial charge < -0.3 is 15.4 Å². The highest BCUT2D eigenvalue weighted by molar-refractivity contribution is 5.79. The molecule has 0 aromatic carbocycles. The SMILES string of the molecule is CN=C(NCc1cccc(OC)n1)NCC(C)C. The summed E-state index contributed by atoms with van der Waals surface area (Å²) >= 11 is 0. The van der Waals surface area contributed by atoms with Crippen molar-refractivity contribution in [2.45, 2.75) is 20.4 Å². The second-order valence-corrected chi connectivity index (χ2v) is 4.37. The van der Waals surface area contributed by atoms with Gasteiger partial charge in [-0.2, -0.15) is 0 Å². The maximum absolute atomic E-state index is 5.08. The van der Waals surface area contributed by atoms with E-state index in [9.17, 15) is 0 Å². The molecule has 0 radical (unpaired) electrons. The number of nitrogens with zero attached hydrogens (tertiary/aromatic N) is 2. The zero-order chi connectivity index (χ0) is 13.4. The molecule has 0 aliphatic carbocycles. The first-order valence-electron chi connectivity index (χ1n) is 6.10. The Balaban J connectivity index is 2.47. The van der Waals surface area contributed by atoms with Gasteiger partial charge in [0.05, 0.1) is 19.3 Å². The van der Waals surface area contributed by atoms with Gasteiger partial charge in [0.2, 0.25) is 5.88 Å². The molecule has 1 heterocycles. The number of ether oxygens (including phenoxy) is 1. The number of methoxy groups -OCH3 is 1. The van der Waals surface area contributed by atoms with E-state index in [4.69, 9.17) is 4.74 Å². The highest BCUT2D eigenvalue weighted by Crippen LogP contribution is 2.05. The lowest BCUT2D eigenvalue weighted by Gasteiger charge is -2.13. The zero-order valence-corrected chi connectivity index (χ0v) is 11.5. The van der Waals surface area contributed by atoms with E-state index >= 15 is 0 Å². The molecule has 5 heteroatoms. The number of aliphatic imine (C=N–C) groups is 1. The van der Waals surface area contributed by atoms with Gasteiger partial charge in [0.15, 0.2) is 5.96 Å². The van der Waals surface area contributed by atoms with Gasteiger partial charge in [-0.25, -0.2) is 4.98 Å². The third-order valence-corrected chi connectivity index (χ3v) is 2.33. The molecule has 0 aliphatic rings. The van der Waals surface area contributed by atoms with Gasteiger partial charge in [-0.3, -0.25) is 4.99 Å². The monoisotopic (exact) mass is 250 g/mol. The number of rotatable bonds is 5. The van der Waals surface area contributed by atoms with E-state index in [0.29, 0.717) is 18.3 Å². The molecule has 2 N–H and O–H groups in total. The van der Waals surface area contributed by atoms with Crippen LogP contribution in [0.5, 0.6) is 5.88 Å². The third-order valence-electron chi connectivity index (χ3n) is 2.33. The molecule has 0 saturated heterocycles. The zero-order valence-electron chi connectivity index (χ0n) is 11.5. The highest BCUT2D eigenvalue weighted by atomic mass is 16.5. The van der Waals surface area contributed by atoms with Crippen LogP contribution in [0.2, 0.25) is 0 Å². The Kier molecular flexibility index (Phi) is 5.97. The summed E-state index contributed by atoms with van der Waals surface area (Å²) in [4.78, 5) is 8.48. The molecule has 1 aromatic heterocycles. The number of pyridine rings is 1. The molecule has 1 rings (SSSR count). The quantitative estimate of drug-likeness (QED) is 0.613. The number of hydrogen-bond donors (Lipinski definition) is 2. The molecule has 0 unspecified atom stereocenters. The average molecular weight is 250 g/mol. The van der Waals surface area contributed by atoms with Crippen molar-refractivity contribution in [3.63, 3.8) is 0 Å². The maximum atomic E-state index is 5.08. The molecular formula is C13H22N4O. The molecule has 0 amide bonds. The van der Waals surface area contributed by atoms with E-state index in [2.05, 4.69) is 34.5 Å². The van der Waals surface area contributed by atoms with Gasteiger partial charge >= 0.3 is 0 Å². The number of guanidine groups is 1. The first kappa shape index (κ1) is 14.3. The van der Waals surface area contributed by atoms with Crippen LogP contribution in [0.1, 0.15) is 19.5 Å². The van der Waals surface area contributed by atoms with Gasteiger partial charge in [0, 0.05) is 19.7 Å². The highest BCUT2D eigenvalue weighted by Gasteiger charge is 2.01. The molecule has 0 bridgehead atoms. The van der Waals surface area contributed by atoms with E-state index < -0.39 is 0 Å². The smallest absolute Gasteiger partial charge is 0.213 e. The normalized spacial score (nSPS) is 11.5. The molecule has 0 fully saturated rings. The minimum atomic E-state index is 0.582. The lowest BCUT2D eigenvalue weighted by Crippen LogP contribution is -2.38. The summed E-state index contributed by atoms with van der Waals surface area (Å²) in [7, 11) is 3.37. The topological polar surface area (TPSA) is 58.5 Å². The summed E-state index contributed by atoms with van der Waals surface area (Å²) in [6.45, 7) is 5.83. The molecular weight excluding hydrogens is 228 g/mol. The molecule has 100 valence electrons. The van der Waals surface area contributed by atoms with Crippen LogP contribution >= 0.6 is 0 Å². The molecule has 1 aromatic rings.